The van der Waals surface area contributed by atoms with Crippen LogP contribution >= 0.6 is 15.9 Å². The number of hydrogen-bond donors (Lipinski definition) is 1. The van der Waals surface area contributed by atoms with Crippen molar-refractivity contribution in [3.05, 3.63) is 44.9 Å². The van der Waals surface area contributed by atoms with Gasteiger partial charge in [0.05, 0.1) is 5.69 Å². The normalized spacial score (nSPS) is 12.6. The summed E-state index contributed by atoms with van der Waals surface area (Å²) < 4.78 is 6.51. The van der Waals surface area contributed by atoms with Gasteiger partial charge in [0.2, 0.25) is 0 Å². The monoisotopic (exact) mass is 278 g/mol. The molecule has 3 rings (SSSR count). The molecule has 1 aliphatic rings. The van der Waals surface area contributed by atoms with E-state index in [4.69, 9.17) is 4.74 Å². The van der Waals surface area contributed by atoms with E-state index in [0.29, 0.717) is 6.61 Å². The number of ether oxygens (including phenoxy) is 1. The Morgan fingerprint density at radius 3 is 3.19 bits per heavy atom. The van der Waals surface area contributed by atoms with Gasteiger partial charge < -0.3 is 9.72 Å². The van der Waals surface area contributed by atoms with Crippen LogP contribution in [0.4, 0.5) is 0 Å². The summed E-state index contributed by atoms with van der Waals surface area (Å²) in [6, 6.07) is 5.70. The fourth-order valence-electron chi connectivity index (χ4n) is 1.75. The van der Waals surface area contributed by atoms with Gasteiger partial charge in [0.1, 0.15) is 12.4 Å². The van der Waals surface area contributed by atoms with E-state index >= 15 is 0 Å². The third kappa shape index (κ3) is 1.44. The fraction of sp³-hybridized carbons (Fsp3) is 0.0909. The summed E-state index contributed by atoms with van der Waals surface area (Å²) >= 11 is 3.40. The standard InChI is InChI=1S/C11H7BrN2O2/c12-7-1-2-9-8(3-7)10-6(5-16-9)4-13-11(15)14-10/h1-4H,5H2,(H,13,14,15). The molecule has 0 aliphatic carbocycles. The second-order valence-corrected chi connectivity index (χ2v) is 4.43. The summed E-state index contributed by atoms with van der Waals surface area (Å²) in [6.45, 7) is 0.438. The number of halogens is 1. The first-order chi connectivity index (χ1) is 7.74. The summed E-state index contributed by atoms with van der Waals surface area (Å²) in [5.74, 6) is 0.776. The average Bonchev–Trinajstić information content (AvgIpc) is 2.29. The van der Waals surface area contributed by atoms with E-state index in [1.54, 1.807) is 6.20 Å². The van der Waals surface area contributed by atoms with Crippen LogP contribution in [-0.4, -0.2) is 9.97 Å². The van der Waals surface area contributed by atoms with Crippen molar-refractivity contribution in [3.63, 3.8) is 0 Å². The molecule has 0 bridgehead atoms. The van der Waals surface area contributed by atoms with Crippen molar-refractivity contribution in [1.29, 1.82) is 0 Å². The lowest BCUT2D eigenvalue weighted by Gasteiger charge is -2.19. The minimum atomic E-state index is -0.341. The number of rotatable bonds is 0. The predicted octanol–water partition coefficient (Wildman–Crippen LogP) is 2.09. The number of nitrogens with zero attached hydrogens (tertiary/aromatic N) is 1. The molecule has 16 heavy (non-hydrogen) atoms. The molecule has 0 spiro atoms. The Morgan fingerprint density at radius 2 is 2.31 bits per heavy atom. The first-order valence-electron chi connectivity index (χ1n) is 4.75. The number of fused-ring (bicyclic) bond motifs is 3. The number of nitrogens with one attached hydrogen (secondary N) is 1. The molecule has 0 fully saturated rings. The van der Waals surface area contributed by atoms with Crippen LogP contribution in [0.5, 0.6) is 5.75 Å². The Bertz CT molecular complexity index is 622. The van der Waals surface area contributed by atoms with Gasteiger partial charge in [0.25, 0.3) is 0 Å². The lowest BCUT2D eigenvalue weighted by atomic mass is 10.0. The molecular formula is C11H7BrN2O2. The van der Waals surface area contributed by atoms with E-state index < -0.39 is 0 Å². The summed E-state index contributed by atoms with van der Waals surface area (Å²) in [7, 11) is 0. The van der Waals surface area contributed by atoms with Gasteiger partial charge in [-0.25, -0.2) is 9.78 Å². The maximum Gasteiger partial charge on any atom is 0.345 e. The molecule has 2 aromatic rings. The number of hydrogen-bond acceptors (Lipinski definition) is 3. The van der Waals surface area contributed by atoms with Crippen molar-refractivity contribution >= 4 is 15.9 Å². The molecule has 80 valence electrons. The molecule has 2 heterocycles. The zero-order chi connectivity index (χ0) is 11.1. The van der Waals surface area contributed by atoms with Crippen LogP contribution in [0.25, 0.3) is 11.3 Å². The highest BCUT2D eigenvalue weighted by Gasteiger charge is 2.18. The van der Waals surface area contributed by atoms with Gasteiger partial charge >= 0.3 is 5.69 Å². The van der Waals surface area contributed by atoms with E-state index in [1.807, 2.05) is 18.2 Å². The average molecular weight is 279 g/mol. The molecule has 0 amide bonds. The van der Waals surface area contributed by atoms with Gasteiger partial charge in [0.15, 0.2) is 0 Å². The molecule has 0 saturated carbocycles. The number of H-pyrrole nitrogens is 1. The van der Waals surface area contributed by atoms with Crippen LogP contribution < -0.4 is 10.4 Å². The third-order valence-electron chi connectivity index (χ3n) is 2.48. The van der Waals surface area contributed by atoms with E-state index in [0.717, 1.165) is 27.0 Å². The van der Waals surface area contributed by atoms with E-state index in [9.17, 15) is 4.79 Å². The Balaban J connectivity index is 2.32. The second-order valence-electron chi connectivity index (χ2n) is 3.52. The van der Waals surface area contributed by atoms with E-state index in [2.05, 4.69) is 25.9 Å². The predicted molar refractivity (Wildman–Crippen MR) is 62.3 cm³/mol. The van der Waals surface area contributed by atoms with Crippen molar-refractivity contribution in [3.8, 4) is 17.0 Å². The third-order valence-corrected chi connectivity index (χ3v) is 2.98. The summed E-state index contributed by atoms with van der Waals surface area (Å²) in [6.07, 6.45) is 1.55. The molecule has 0 unspecified atom stereocenters. The van der Waals surface area contributed by atoms with Gasteiger partial charge in [-0.05, 0) is 18.2 Å². The van der Waals surface area contributed by atoms with Crippen LogP contribution in [0.1, 0.15) is 5.56 Å². The van der Waals surface area contributed by atoms with Crippen LogP contribution in [0.2, 0.25) is 0 Å². The maximum atomic E-state index is 11.2. The quantitative estimate of drug-likeness (QED) is 0.803. The zero-order valence-corrected chi connectivity index (χ0v) is 9.74. The molecule has 1 aromatic heterocycles. The van der Waals surface area contributed by atoms with E-state index in [1.165, 1.54) is 0 Å². The smallest absolute Gasteiger partial charge is 0.345 e. The van der Waals surface area contributed by atoms with Crippen LogP contribution in [0, 0.1) is 0 Å². The second kappa shape index (κ2) is 3.45. The lowest BCUT2D eigenvalue weighted by Crippen LogP contribution is -2.16. The molecule has 0 radical (unpaired) electrons. The van der Waals surface area contributed by atoms with Gasteiger partial charge in [-0.15, -0.1) is 0 Å². The first-order valence-corrected chi connectivity index (χ1v) is 5.54. The molecular weight excluding hydrogens is 272 g/mol. The minimum absolute atomic E-state index is 0.341. The lowest BCUT2D eigenvalue weighted by molar-refractivity contribution is 0.300. The molecule has 1 N–H and O–H groups in total. The van der Waals surface area contributed by atoms with Gasteiger partial charge in [-0.1, -0.05) is 15.9 Å². The highest BCUT2D eigenvalue weighted by Crippen LogP contribution is 2.36. The van der Waals surface area contributed by atoms with Crippen molar-refractivity contribution < 1.29 is 4.74 Å². The highest BCUT2D eigenvalue weighted by atomic mass is 79.9. The molecule has 0 saturated heterocycles. The summed E-state index contributed by atoms with van der Waals surface area (Å²) in [5.41, 5.74) is 2.23. The zero-order valence-electron chi connectivity index (χ0n) is 8.16. The van der Waals surface area contributed by atoms with Crippen molar-refractivity contribution in [1.82, 2.24) is 9.97 Å². The van der Waals surface area contributed by atoms with Crippen LogP contribution in [-0.2, 0) is 6.61 Å². The van der Waals surface area contributed by atoms with Crippen molar-refractivity contribution in [2.75, 3.05) is 0 Å². The Hall–Kier alpha value is -1.62. The molecule has 0 atom stereocenters. The van der Waals surface area contributed by atoms with Crippen LogP contribution in [0.3, 0.4) is 0 Å². The SMILES string of the molecule is O=c1ncc2c([nH]1)-c1cc(Br)ccc1OC2. The number of aromatic nitrogens is 2. The largest absolute Gasteiger partial charge is 0.488 e. The minimum Gasteiger partial charge on any atom is -0.488 e. The Morgan fingerprint density at radius 1 is 1.44 bits per heavy atom. The number of aromatic amines is 1. The Labute approximate surface area is 99.4 Å². The van der Waals surface area contributed by atoms with Crippen LogP contribution in [0.15, 0.2) is 33.7 Å². The highest BCUT2D eigenvalue weighted by molar-refractivity contribution is 9.10. The molecule has 5 heteroatoms. The molecule has 1 aliphatic heterocycles. The maximum absolute atomic E-state index is 11.2. The van der Waals surface area contributed by atoms with Crippen molar-refractivity contribution in [2.24, 2.45) is 0 Å². The fourth-order valence-corrected chi connectivity index (χ4v) is 2.11. The summed E-state index contributed by atoms with van der Waals surface area (Å²) in [4.78, 5) is 17.6. The van der Waals surface area contributed by atoms with Gasteiger partial charge in [-0.2, -0.15) is 0 Å². The first kappa shape index (κ1) is 9.59. The van der Waals surface area contributed by atoms with E-state index in [-0.39, 0.29) is 5.69 Å². The number of benzene rings is 1. The molecule has 4 nitrogen and oxygen atoms in total. The molecule has 1 aromatic carbocycles. The summed E-state index contributed by atoms with van der Waals surface area (Å²) in [5, 5.41) is 0. The van der Waals surface area contributed by atoms with Crippen molar-refractivity contribution in [2.45, 2.75) is 6.61 Å². The topological polar surface area (TPSA) is 55.0 Å². The van der Waals surface area contributed by atoms with Gasteiger partial charge in [-0.3, -0.25) is 0 Å². The van der Waals surface area contributed by atoms with Gasteiger partial charge in [0, 0.05) is 21.8 Å². The Kier molecular flexibility index (Phi) is 2.07.